The standard InChI is InChI=1S/C14H19NO3/c1-10-8-12(2-3-13(10)14(17)18)15-6-4-11(9-15)5-7-16/h2-3,8,11,16H,4-7,9H2,1H3,(H,17,18). The van der Waals surface area contributed by atoms with E-state index in [1.54, 1.807) is 6.07 Å². The molecule has 1 aliphatic rings. The lowest BCUT2D eigenvalue weighted by Gasteiger charge is -2.19. The van der Waals surface area contributed by atoms with Gasteiger partial charge in [-0.05, 0) is 49.4 Å². The van der Waals surface area contributed by atoms with Crippen LogP contribution in [0.15, 0.2) is 18.2 Å². The van der Waals surface area contributed by atoms with E-state index < -0.39 is 5.97 Å². The van der Waals surface area contributed by atoms with E-state index in [4.69, 9.17) is 10.2 Å². The molecule has 0 amide bonds. The molecule has 2 N–H and O–H groups in total. The van der Waals surface area contributed by atoms with Crippen molar-refractivity contribution in [1.82, 2.24) is 0 Å². The van der Waals surface area contributed by atoms with Crippen molar-refractivity contribution < 1.29 is 15.0 Å². The number of aliphatic hydroxyl groups is 1. The van der Waals surface area contributed by atoms with Crippen molar-refractivity contribution in [2.75, 3.05) is 24.6 Å². The van der Waals surface area contributed by atoms with Gasteiger partial charge in [0.05, 0.1) is 5.56 Å². The SMILES string of the molecule is Cc1cc(N2CCC(CCO)C2)ccc1C(=O)O. The monoisotopic (exact) mass is 249 g/mol. The van der Waals surface area contributed by atoms with Crippen LogP contribution in [0.1, 0.15) is 28.8 Å². The van der Waals surface area contributed by atoms with Crippen LogP contribution >= 0.6 is 0 Å². The van der Waals surface area contributed by atoms with Crippen LogP contribution in [0.2, 0.25) is 0 Å². The van der Waals surface area contributed by atoms with E-state index >= 15 is 0 Å². The second-order valence-electron chi connectivity index (χ2n) is 4.92. The van der Waals surface area contributed by atoms with Gasteiger partial charge in [0, 0.05) is 25.4 Å². The third kappa shape index (κ3) is 2.64. The Balaban J connectivity index is 2.11. The molecule has 1 aliphatic heterocycles. The largest absolute Gasteiger partial charge is 0.478 e. The van der Waals surface area contributed by atoms with Crippen LogP contribution in [-0.2, 0) is 0 Å². The minimum absolute atomic E-state index is 0.246. The van der Waals surface area contributed by atoms with Gasteiger partial charge in [0.15, 0.2) is 0 Å². The third-order valence-electron chi connectivity index (χ3n) is 3.63. The first-order valence-electron chi connectivity index (χ1n) is 6.31. The van der Waals surface area contributed by atoms with Crippen LogP contribution in [0.25, 0.3) is 0 Å². The summed E-state index contributed by atoms with van der Waals surface area (Å²) < 4.78 is 0. The molecule has 1 heterocycles. The van der Waals surface area contributed by atoms with Gasteiger partial charge in [0.1, 0.15) is 0 Å². The van der Waals surface area contributed by atoms with Gasteiger partial charge in [-0.3, -0.25) is 0 Å². The average molecular weight is 249 g/mol. The molecule has 0 saturated carbocycles. The molecular weight excluding hydrogens is 230 g/mol. The zero-order valence-corrected chi connectivity index (χ0v) is 10.6. The molecule has 1 fully saturated rings. The molecule has 0 aromatic heterocycles. The predicted octanol–water partition coefficient (Wildman–Crippen LogP) is 1.90. The van der Waals surface area contributed by atoms with Gasteiger partial charge in [0.2, 0.25) is 0 Å². The Hall–Kier alpha value is -1.55. The molecule has 2 rings (SSSR count). The summed E-state index contributed by atoms with van der Waals surface area (Å²) in [6.07, 6.45) is 1.95. The number of anilines is 1. The maximum atomic E-state index is 11.0. The molecular formula is C14H19NO3. The summed E-state index contributed by atoms with van der Waals surface area (Å²) >= 11 is 0. The van der Waals surface area contributed by atoms with Crippen molar-refractivity contribution in [2.45, 2.75) is 19.8 Å². The van der Waals surface area contributed by atoms with Crippen LogP contribution in [0.4, 0.5) is 5.69 Å². The van der Waals surface area contributed by atoms with Crippen LogP contribution in [0.3, 0.4) is 0 Å². The van der Waals surface area contributed by atoms with E-state index in [0.29, 0.717) is 11.5 Å². The lowest BCUT2D eigenvalue weighted by atomic mass is 10.1. The summed E-state index contributed by atoms with van der Waals surface area (Å²) in [4.78, 5) is 13.2. The Labute approximate surface area is 107 Å². The molecule has 98 valence electrons. The van der Waals surface area contributed by atoms with E-state index in [1.165, 1.54) is 0 Å². The van der Waals surface area contributed by atoms with Crippen molar-refractivity contribution in [1.29, 1.82) is 0 Å². The van der Waals surface area contributed by atoms with Gasteiger partial charge in [0.25, 0.3) is 0 Å². The highest BCUT2D eigenvalue weighted by atomic mass is 16.4. The molecule has 0 spiro atoms. The van der Waals surface area contributed by atoms with Crippen molar-refractivity contribution in [3.63, 3.8) is 0 Å². The van der Waals surface area contributed by atoms with E-state index in [-0.39, 0.29) is 6.61 Å². The quantitative estimate of drug-likeness (QED) is 0.855. The second kappa shape index (κ2) is 5.40. The first-order valence-corrected chi connectivity index (χ1v) is 6.31. The van der Waals surface area contributed by atoms with Crippen LogP contribution < -0.4 is 4.90 Å². The van der Waals surface area contributed by atoms with Gasteiger partial charge in [-0.1, -0.05) is 0 Å². The number of hydrogen-bond donors (Lipinski definition) is 2. The molecule has 1 saturated heterocycles. The Bertz CT molecular complexity index is 445. The number of rotatable bonds is 4. The molecule has 0 bridgehead atoms. The van der Waals surface area contributed by atoms with E-state index in [0.717, 1.165) is 37.2 Å². The number of carboxylic acids is 1. The molecule has 1 aromatic carbocycles. The van der Waals surface area contributed by atoms with Crippen molar-refractivity contribution in [2.24, 2.45) is 5.92 Å². The molecule has 18 heavy (non-hydrogen) atoms. The minimum atomic E-state index is -0.876. The molecule has 0 aliphatic carbocycles. The smallest absolute Gasteiger partial charge is 0.335 e. The summed E-state index contributed by atoms with van der Waals surface area (Å²) in [6, 6.07) is 5.48. The van der Waals surface area contributed by atoms with Crippen molar-refractivity contribution >= 4 is 11.7 Å². The number of aliphatic hydroxyl groups excluding tert-OH is 1. The molecule has 1 atom stereocenters. The number of carboxylic acid groups (broad SMARTS) is 1. The lowest BCUT2D eigenvalue weighted by molar-refractivity contribution is 0.0696. The van der Waals surface area contributed by atoms with Crippen molar-refractivity contribution in [3.05, 3.63) is 29.3 Å². The maximum Gasteiger partial charge on any atom is 0.335 e. The van der Waals surface area contributed by atoms with Crippen molar-refractivity contribution in [3.8, 4) is 0 Å². The summed E-state index contributed by atoms with van der Waals surface area (Å²) in [5.41, 5.74) is 2.24. The zero-order chi connectivity index (χ0) is 13.1. The highest BCUT2D eigenvalue weighted by Crippen LogP contribution is 2.27. The molecule has 1 aromatic rings. The number of benzene rings is 1. The zero-order valence-electron chi connectivity index (χ0n) is 10.6. The minimum Gasteiger partial charge on any atom is -0.478 e. The lowest BCUT2D eigenvalue weighted by Crippen LogP contribution is -2.20. The van der Waals surface area contributed by atoms with Gasteiger partial charge < -0.3 is 15.1 Å². The predicted molar refractivity (Wildman–Crippen MR) is 70.2 cm³/mol. The normalized spacial score (nSPS) is 19.2. The Morgan fingerprint density at radius 2 is 2.28 bits per heavy atom. The number of nitrogens with zero attached hydrogens (tertiary/aromatic N) is 1. The molecule has 1 unspecified atom stereocenters. The third-order valence-corrected chi connectivity index (χ3v) is 3.63. The summed E-state index contributed by atoms with van der Waals surface area (Å²) in [6.45, 7) is 4.01. The van der Waals surface area contributed by atoms with E-state index in [2.05, 4.69) is 4.90 Å². The fourth-order valence-electron chi connectivity index (χ4n) is 2.57. The molecule has 4 nitrogen and oxygen atoms in total. The average Bonchev–Trinajstić information content (AvgIpc) is 2.77. The summed E-state index contributed by atoms with van der Waals surface area (Å²) in [5, 5.41) is 17.9. The maximum absolute atomic E-state index is 11.0. The highest BCUT2D eigenvalue weighted by molar-refractivity contribution is 5.89. The van der Waals surface area contributed by atoms with Crippen LogP contribution in [0.5, 0.6) is 0 Å². The fraction of sp³-hybridized carbons (Fsp3) is 0.500. The van der Waals surface area contributed by atoms with Crippen LogP contribution in [0, 0.1) is 12.8 Å². The number of aromatic carboxylic acids is 1. The first-order chi connectivity index (χ1) is 8.61. The summed E-state index contributed by atoms with van der Waals surface area (Å²) in [5.74, 6) is -0.326. The Kier molecular flexibility index (Phi) is 3.87. The first kappa shape index (κ1) is 12.9. The number of aryl methyl sites for hydroxylation is 1. The topological polar surface area (TPSA) is 60.8 Å². The van der Waals surface area contributed by atoms with Crippen LogP contribution in [-0.4, -0.2) is 35.9 Å². The van der Waals surface area contributed by atoms with Gasteiger partial charge in [-0.25, -0.2) is 4.79 Å². The van der Waals surface area contributed by atoms with E-state index in [9.17, 15) is 4.79 Å². The highest BCUT2D eigenvalue weighted by Gasteiger charge is 2.22. The Morgan fingerprint density at radius 1 is 1.50 bits per heavy atom. The van der Waals surface area contributed by atoms with E-state index in [1.807, 2.05) is 19.1 Å². The molecule has 0 radical (unpaired) electrons. The molecule has 4 heteroatoms. The number of carbonyl (C=O) groups is 1. The van der Waals surface area contributed by atoms with Gasteiger partial charge >= 0.3 is 5.97 Å². The fourth-order valence-corrected chi connectivity index (χ4v) is 2.57. The number of hydrogen-bond acceptors (Lipinski definition) is 3. The summed E-state index contributed by atoms with van der Waals surface area (Å²) in [7, 11) is 0. The second-order valence-corrected chi connectivity index (χ2v) is 4.92. The van der Waals surface area contributed by atoms with Gasteiger partial charge in [-0.15, -0.1) is 0 Å². The Morgan fingerprint density at radius 3 is 2.89 bits per heavy atom. The van der Waals surface area contributed by atoms with Gasteiger partial charge in [-0.2, -0.15) is 0 Å².